The number of anilines is 2. The van der Waals surface area contributed by atoms with Crippen LogP contribution in [-0.2, 0) is 28.6 Å². The van der Waals surface area contributed by atoms with Crippen LogP contribution in [0.25, 0.3) is 0 Å². The number of hydrogen-bond acceptors (Lipinski definition) is 9. The summed E-state index contributed by atoms with van der Waals surface area (Å²) in [6, 6.07) is 4.64. The first kappa shape index (κ1) is 36.4. The van der Waals surface area contributed by atoms with Crippen LogP contribution in [0.4, 0.5) is 48.2 Å². The number of rotatable bonds is 11. The molecule has 3 rings (SSSR count). The summed E-state index contributed by atoms with van der Waals surface area (Å²) >= 11 is 0. The fourth-order valence-electron chi connectivity index (χ4n) is 4.31. The van der Waals surface area contributed by atoms with Gasteiger partial charge in [-0.1, -0.05) is 0 Å². The minimum absolute atomic E-state index is 0.000654. The molecule has 47 heavy (non-hydrogen) atoms. The predicted octanol–water partition coefficient (Wildman–Crippen LogP) is 7.33. The van der Waals surface area contributed by atoms with Gasteiger partial charge in [0.25, 0.3) is 5.69 Å². The topological polar surface area (TPSA) is 133 Å². The summed E-state index contributed by atoms with van der Waals surface area (Å²) in [6.45, 7) is 3.66. The van der Waals surface area contributed by atoms with Gasteiger partial charge < -0.3 is 24.4 Å². The van der Waals surface area contributed by atoms with Crippen molar-refractivity contribution in [3.63, 3.8) is 0 Å². The second-order valence-electron chi connectivity index (χ2n) is 11.0. The summed E-state index contributed by atoms with van der Waals surface area (Å²) < 4.78 is 99.8. The maximum Gasteiger partial charge on any atom is 0.419 e. The van der Waals surface area contributed by atoms with Gasteiger partial charge in [-0.05, 0) is 57.9 Å². The Labute approximate surface area is 264 Å². The highest BCUT2D eigenvalue weighted by Gasteiger charge is 2.36. The van der Waals surface area contributed by atoms with Crippen molar-refractivity contribution in [2.24, 2.45) is 0 Å². The van der Waals surface area contributed by atoms with Gasteiger partial charge >= 0.3 is 18.2 Å². The van der Waals surface area contributed by atoms with Crippen molar-refractivity contribution in [3.8, 4) is 5.88 Å². The van der Waals surface area contributed by atoms with E-state index in [4.69, 9.17) is 9.47 Å². The van der Waals surface area contributed by atoms with Crippen molar-refractivity contribution in [2.45, 2.75) is 51.9 Å². The number of aromatic nitrogens is 1. The Hall–Kier alpha value is -5.09. The highest BCUT2D eigenvalue weighted by Crippen LogP contribution is 2.37. The molecule has 0 unspecified atom stereocenters. The van der Waals surface area contributed by atoms with Crippen molar-refractivity contribution in [2.75, 3.05) is 26.1 Å². The molecule has 0 radical (unpaired) electrons. The lowest BCUT2D eigenvalue weighted by atomic mass is 10.1. The average molecular weight is 673 g/mol. The van der Waals surface area contributed by atoms with Gasteiger partial charge in [-0.25, -0.2) is 27.7 Å². The van der Waals surface area contributed by atoms with Crippen LogP contribution in [0.3, 0.4) is 0 Å². The van der Waals surface area contributed by atoms with E-state index in [1.54, 1.807) is 20.8 Å². The van der Waals surface area contributed by atoms with E-state index in [9.17, 15) is 41.7 Å². The Kier molecular flexibility index (Phi) is 11.3. The number of benzene rings is 2. The van der Waals surface area contributed by atoms with Gasteiger partial charge in [0.2, 0.25) is 5.88 Å². The molecule has 1 aromatic heterocycles. The normalized spacial score (nSPS) is 11.6. The van der Waals surface area contributed by atoms with Crippen molar-refractivity contribution in [1.29, 1.82) is 0 Å². The number of nitrogens with zero attached hydrogens (tertiary/aromatic N) is 3. The van der Waals surface area contributed by atoms with Crippen molar-refractivity contribution >= 4 is 29.1 Å². The van der Waals surface area contributed by atoms with Gasteiger partial charge in [0.05, 0.1) is 42.5 Å². The first-order valence-electron chi connectivity index (χ1n) is 13.8. The molecule has 17 heteroatoms. The lowest BCUT2D eigenvalue weighted by Crippen LogP contribution is -2.37. The molecular weight excluding hydrogens is 642 g/mol. The Bertz CT molecular complexity index is 1660. The van der Waals surface area contributed by atoms with Gasteiger partial charge in [0, 0.05) is 29.9 Å². The summed E-state index contributed by atoms with van der Waals surface area (Å²) in [5.74, 6) is -5.80. The number of amides is 1. The number of alkyl halides is 3. The zero-order valence-corrected chi connectivity index (χ0v) is 25.8. The molecule has 0 atom stereocenters. The van der Waals surface area contributed by atoms with Crippen LogP contribution in [0, 0.1) is 27.6 Å². The number of pyridine rings is 1. The molecule has 0 fully saturated rings. The molecule has 0 spiro atoms. The number of carbonyl (C=O) groups is 2. The quantitative estimate of drug-likeness (QED) is 0.0962. The van der Waals surface area contributed by atoms with E-state index in [0.717, 1.165) is 18.1 Å². The molecule has 0 saturated carbocycles. The van der Waals surface area contributed by atoms with Gasteiger partial charge in [-0.15, -0.1) is 0 Å². The van der Waals surface area contributed by atoms with Crippen LogP contribution in [0.1, 0.15) is 54.4 Å². The zero-order chi connectivity index (χ0) is 35.3. The van der Waals surface area contributed by atoms with Crippen molar-refractivity contribution in [1.82, 2.24) is 9.88 Å². The maximum atomic E-state index is 15.4. The molecule has 1 heterocycles. The summed E-state index contributed by atoms with van der Waals surface area (Å²) in [4.78, 5) is 41.4. The van der Waals surface area contributed by atoms with Gasteiger partial charge in [0.15, 0.2) is 11.6 Å². The van der Waals surface area contributed by atoms with Crippen molar-refractivity contribution < 1.29 is 55.1 Å². The van der Waals surface area contributed by atoms with E-state index in [1.165, 1.54) is 19.2 Å². The molecule has 11 nitrogen and oxygen atoms in total. The molecule has 0 saturated heterocycles. The lowest BCUT2D eigenvalue weighted by molar-refractivity contribution is -0.386. The third kappa shape index (κ3) is 9.23. The van der Waals surface area contributed by atoms with Crippen LogP contribution < -0.4 is 10.1 Å². The minimum Gasteiger partial charge on any atom is -0.481 e. The number of ether oxygens (including phenoxy) is 3. The van der Waals surface area contributed by atoms with E-state index in [1.807, 2.05) is 0 Å². The molecule has 0 aliphatic rings. The highest BCUT2D eigenvalue weighted by molar-refractivity contribution is 5.97. The predicted molar refractivity (Wildman–Crippen MR) is 155 cm³/mol. The number of hydrogen-bond donors (Lipinski definition) is 1. The number of halogens is 6. The second kappa shape index (κ2) is 14.6. The smallest absolute Gasteiger partial charge is 0.419 e. The summed E-state index contributed by atoms with van der Waals surface area (Å²) in [7, 11) is 2.21. The molecule has 0 aliphatic heterocycles. The number of nitrogens with one attached hydrogen (secondary N) is 1. The van der Waals surface area contributed by atoms with E-state index in [-0.39, 0.29) is 54.5 Å². The maximum absolute atomic E-state index is 15.4. The van der Waals surface area contributed by atoms with Gasteiger partial charge in [-0.3, -0.25) is 10.1 Å². The Morgan fingerprint density at radius 3 is 2.26 bits per heavy atom. The van der Waals surface area contributed by atoms with E-state index in [2.05, 4.69) is 15.0 Å². The minimum atomic E-state index is -5.19. The third-order valence-corrected chi connectivity index (χ3v) is 6.46. The zero-order valence-electron chi connectivity index (χ0n) is 25.8. The molecule has 1 amide bonds. The SMILES string of the molecule is COC(=O)c1cc(F)c(C(F)(F)F)cc1Nc1ccc(F)c(F)c1CN(CCCc1nc(OC)ccc1[N+](=O)[O-])C(=O)OC(C)(C)C. The highest BCUT2D eigenvalue weighted by atomic mass is 19.4. The lowest BCUT2D eigenvalue weighted by Gasteiger charge is -2.28. The monoisotopic (exact) mass is 672 g/mol. The number of esters is 1. The molecule has 2 aromatic carbocycles. The van der Waals surface area contributed by atoms with Crippen LogP contribution in [-0.4, -0.2) is 53.2 Å². The van der Waals surface area contributed by atoms with Crippen LogP contribution in [0.15, 0.2) is 36.4 Å². The van der Waals surface area contributed by atoms with E-state index < -0.39 is 75.1 Å². The second-order valence-corrected chi connectivity index (χ2v) is 11.0. The Morgan fingerprint density at radius 1 is 1.00 bits per heavy atom. The van der Waals surface area contributed by atoms with Crippen LogP contribution in [0.5, 0.6) is 5.88 Å². The first-order chi connectivity index (χ1) is 21.9. The first-order valence-corrected chi connectivity index (χ1v) is 13.8. The average Bonchev–Trinajstić information content (AvgIpc) is 2.98. The molecule has 0 bridgehead atoms. The fraction of sp³-hybridized carbons (Fsp3) is 0.367. The van der Waals surface area contributed by atoms with Gasteiger partial charge in [0.1, 0.15) is 17.1 Å². The summed E-state index contributed by atoms with van der Waals surface area (Å²) in [6.07, 6.45) is -6.26. The van der Waals surface area contributed by atoms with Gasteiger partial charge in [-0.2, -0.15) is 13.2 Å². The van der Waals surface area contributed by atoms with E-state index in [0.29, 0.717) is 6.07 Å². The number of nitro groups is 1. The fourth-order valence-corrected chi connectivity index (χ4v) is 4.31. The van der Waals surface area contributed by atoms with Crippen LogP contribution >= 0.6 is 0 Å². The third-order valence-electron chi connectivity index (χ3n) is 6.46. The molecule has 0 aliphatic carbocycles. The Morgan fingerprint density at radius 2 is 1.68 bits per heavy atom. The standard InChI is InChI=1S/C30H30F6N4O7/c1-29(2,3)47-28(42)39(12-6-7-22-24(40(43)44)10-11-25(38-22)45-4)15-17-21(9-8-19(31)26(17)33)37-23-14-18(30(34,35)36)20(32)13-16(23)27(41)46-5/h8-11,13-14,37H,6-7,12,15H2,1-5H3. The molecule has 254 valence electrons. The Balaban J connectivity index is 2.05. The van der Waals surface area contributed by atoms with Crippen LogP contribution in [0.2, 0.25) is 0 Å². The van der Waals surface area contributed by atoms with E-state index >= 15 is 4.39 Å². The molecular formula is C30H30F6N4O7. The summed E-state index contributed by atoms with van der Waals surface area (Å²) in [5.41, 5.74) is -5.42. The summed E-state index contributed by atoms with van der Waals surface area (Å²) in [5, 5.41) is 13.9. The largest absolute Gasteiger partial charge is 0.481 e. The van der Waals surface area contributed by atoms with Crippen molar-refractivity contribution in [3.05, 3.63) is 86.3 Å². The number of aryl methyl sites for hydroxylation is 1. The number of methoxy groups -OCH3 is 2. The molecule has 1 N–H and O–H groups in total. The molecule has 3 aromatic rings. The number of carbonyl (C=O) groups excluding carboxylic acids is 2.